The third kappa shape index (κ3) is 2.88. The summed E-state index contributed by atoms with van der Waals surface area (Å²) in [4.78, 5) is 8.87. The molecule has 0 saturated heterocycles. The van der Waals surface area contributed by atoms with E-state index in [1.165, 1.54) is 24.2 Å². The van der Waals surface area contributed by atoms with Crippen molar-refractivity contribution in [3.63, 3.8) is 0 Å². The molecule has 0 atom stereocenters. The van der Waals surface area contributed by atoms with Gasteiger partial charge in [0.15, 0.2) is 0 Å². The molecule has 0 aliphatic rings. The zero-order valence-corrected chi connectivity index (χ0v) is 10.2. The van der Waals surface area contributed by atoms with Gasteiger partial charge in [0.2, 0.25) is 0 Å². The van der Waals surface area contributed by atoms with E-state index in [4.69, 9.17) is 5.73 Å². The maximum Gasteiger partial charge on any atom is 0.112 e. The summed E-state index contributed by atoms with van der Waals surface area (Å²) in [5.41, 5.74) is 6.15. The zero-order chi connectivity index (χ0) is 10.4. The van der Waals surface area contributed by atoms with Crippen LogP contribution in [0.4, 0.5) is 0 Å². The molecule has 6 heteroatoms. The minimum absolute atomic E-state index is 0.593. The van der Waals surface area contributed by atoms with Crippen molar-refractivity contribution in [1.82, 2.24) is 4.37 Å². The first-order chi connectivity index (χ1) is 6.79. The fourth-order valence-electron chi connectivity index (χ4n) is 0.879. The van der Waals surface area contributed by atoms with Gasteiger partial charge in [0.05, 0.1) is 27.9 Å². The number of rotatable bonds is 4. The van der Waals surface area contributed by atoms with Crippen LogP contribution in [0.15, 0.2) is 14.5 Å². The fraction of sp³-hybridized carbons (Fsp3) is 0.375. The Morgan fingerprint density at radius 3 is 3.00 bits per heavy atom. The van der Waals surface area contributed by atoms with Crippen LogP contribution in [-0.4, -0.2) is 17.1 Å². The third-order valence-corrected chi connectivity index (χ3v) is 3.63. The molecule has 14 heavy (non-hydrogen) atoms. The number of halogens is 1. The lowest BCUT2D eigenvalue weighted by Crippen LogP contribution is -1.88. The highest BCUT2D eigenvalue weighted by Gasteiger charge is 2.07. The van der Waals surface area contributed by atoms with Gasteiger partial charge >= 0.3 is 0 Å². The second-order valence-corrected chi connectivity index (χ2v) is 4.13. The lowest BCUT2D eigenvalue weighted by atomic mass is 10.3. The van der Waals surface area contributed by atoms with Gasteiger partial charge in [-0.2, -0.15) is 4.37 Å². The van der Waals surface area contributed by atoms with Gasteiger partial charge in [-0.1, -0.05) is 6.92 Å². The Labute approximate surface area is 95.3 Å². The molecule has 4 nitrogen and oxygen atoms in total. The first-order valence-electron chi connectivity index (χ1n) is 4.14. The van der Waals surface area contributed by atoms with Crippen molar-refractivity contribution in [3.05, 3.63) is 15.0 Å². The molecule has 0 aliphatic heterocycles. The van der Waals surface area contributed by atoms with Crippen molar-refractivity contribution in [3.8, 4) is 0 Å². The summed E-state index contributed by atoms with van der Waals surface area (Å²) in [5, 5.41) is 0. The topological polar surface area (TPSA) is 63.6 Å². The normalized spacial score (nSPS) is 11.9. The van der Waals surface area contributed by atoms with E-state index in [0.717, 1.165) is 21.5 Å². The number of aryl methyl sites for hydroxylation is 1. The second kappa shape index (κ2) is 5.87. The van der Waals surface area contributed by atoms with E-state index in [-0.39, 0.29) is 0 Å². The molecule has 0 radical (unpaired) electrons. The van der Waals surface area contributed by atoms with E-state index in [2.05, 4.69) is 37.2 Å². The van der Waals surface area contributed by atoms with Crippen molar-refractivity contribution >= 4 is 40.1 Å². The SMILES string of the molecule is CCc1nsc(CN=CN=CN)c1Br. The van der Waals surface area contributed by atoms with Crippen molar-refractivity contribution in [2.45, 2.75) is 19.9 Å². The quantitative estimate of drug-likeness (QED) is 0.674. The summed E-state index contributed by atoms with van der Waals surface area (Å²) in [5.74, 6) is 0. The molecule has 0 amide bonds. The van der Waals surface area contributed by atoms with Gasteiger partial charge in [0.1, 0.15) is 6.34 Å². The standard InChI is InChI=1S/C8H11BrN4S/c1-2-6-8(9)7(14-13-6)3-11-5-12-4-10/h4-5H,2-3H2,1H3,(H2,10,11,12). The molecule has 0 saturated carbocycles. The molecule has 76 valence electrons. The first-order valence-corrected chi connectivity index (χ1v) is 5.70. The summed E-state index contributed by atoms with van der Waals surface area (Å²) in [6.45, 7) is 2.67. The molecule has 1 aromatic rings. The maximum absolute atomic E-state index is 5.06. The van der Waals surface area contributed by atoms with E-state index in [9.17, 15) is 0 Å². The van der Waals surface area contributed by atoms with Gasteiger partial charge in [0.25, 0.3) is 0 Å². The molecule has 0 bridgehead atoms. The van der Waals surface area contributed by atoms with E-state index in [0.29, 0.717) is 6.54 Å². The predicted molar refractivity (Wildman–Crippen MR) is 64.1 cm³/mol. The highest BCUT2D eigenvalue weighted by Crippen LogP contribution is 2.26. The Morgan fingerprint density at radius 2 is 2.43 bits per heavy atom. The number of hydrogen-bond donors (Lipinski definition) is 1. The molecule has 0 aliphatic carbocycles. The van der Waals surface area contributed by atoms with Crippen molar-refractivity contribution in [2.75, 3.05) is 0 Å². The molecule has 2 N–H and O–H groups in total. The maximum atomic E-state index is 5.06. The molecule has 0 spiro atoms. The van der Waals surface area contributed by atoms with Gasteiger partial charge in [-0.05, 0) is 33.9 Å². The monoisotopic (exact) mass is 274 g/mol. The third-order valence-electron chi connectivity index (χ3n) is 1.57. The highest BCUT2D eigenvalue weighted by molar-refractivity contribution is 9.10. The fourth-order valence-corrected chi connectivity index (χ4v) is 2.48. The Bertz CT molecular complexity index is 345. The van der Waals surface area contributed by atoms with Crippen molar-refractivity contribution in [1.29, 1.82) is 0 Å². The van der Waals surface area contributed by atoms with E-state index in [1.54, 1.807) is 0 Å². The van der Waals surface area contributed by atoms with Crippen LogP contribution in [-0.2, 0) is 13.0 Å². The Balaban J connectivity index is 2.63. The lowest BCUT2D eigenvalue weighted by Gasteiger charge is -1.91. The van der Waals surface area contributed by atoms with Crippen LogP contribution >= 0.6 is 27.5 Å². The first kappa shape index (κ1) is 11.3. The van der Waals surface area contributed by atoms with Gasteiger partial charge in [-0.3, -0.25) is 4.99 Å². The van der Waals surface area contributed by atoms with Crippen molar-refractivity contribution in [2.24, 2.45) is 15.7 Å². The largest absolute Gasteiger partial charge is 0.390 e. The van der Waals surface area contributed by atoms with Gasteiger partial charge in [-0.25, -0.2) is 4.99 Å². The molecule has 0 unspecified atom stereocenters. The molecule has 0 aromatic carbocycles. The Kier molecular flexibility index (Phi) is 4.75. The van der Waals surface area contributed by atoms with Crippen LogP contribution in [0, 0.1) is 0 Å². The van der Waals surface area contributed by atoms with E-state index < -0.39 is 0 Å². The van der Waals surface area contributed by atoms with Crippen LogP contribution in [0.2, 0.25) is 0 Å². The Morgan fingerprint density at radius 1 is 1.64 bits per heavy atom. The number of nitrogens with two attached hydrogens (primary N) is 1. The van der Waals surface area contributed by atoms with Gasteiger partial charge < -0.3 is 5.73 Å². The molecular formula is C8H11BrN4S. The van der Waals surface area contributed by atoms with Crippen LogP contribution in [0.25, 0.3) is 0 Å². The van der Waals surface area contributed by atoms with Gasteiger partial charge in [0, 0.05) is 0 Å². The molecule has 1 heterocycles. The van der Waals surface area contributed by atoms with Crippen LogP contribution in [0.3, 0.4) is 0 Å². The van der Waals surface area contributed by atoms with Crippen LogP contribution in [0.1, 0.15) is 17.5 Å². The van der Waals surface area contributed by atoms with Crippen LogP contribution < -0.4 is 5.73 Å². The summed E-state index contributed by atoms with van der Waals surface area (Å²) >= 11 is 4.96. The minimum Gasteiger partial charge on any atom is -0.390 e. The second-order valence-electron chi connectivity index (χ2n) is 2.47. The summed E-state index contributed by atoms with van der Waals surface area (Å²) < 4.78 is 5.36. The average Bonchev–Trinajstić information content (AvgIpc) is 2.55. The van der Waals surface area contributed by atoms with E-state index in [1.807, 2.05) is 0 Å². The predicted octanol–water partition coefficient (Wildman–Crippen LogP) is 1.98. The molecule has 1 aromatic heterocycles. The molecular weight excluding hydrogens is 264 g/mol. The number of nitrogens with zero attached hydrogens (tertiary/aromatic N) is 3. The Hall–Kier alpha value is -0.750. The summed E-state index contributed by atoms with van der Waals surface area (Å²) in [6, 6.07) is 0. The average molecular weight is 275 g/mol. The number of hydrogen-bond acceptors (Lipinski definition) is 3. The summed E-state index contributed by atoms with van der Waals surface area (Å²) in [7, 11) is 0. The number of aliphatic imine (C=N–C) groups is 2. The van der Waals surface area contributed by atoms with Gasteiger partial charge in [-0.15, -0.1) is 0 Å². The lowest BCUT2D eigenvalue weighted by molar-refractivity contribution is 1.05. The van der Waals surface area contributed by atoms with E-state index >= 15 is 0 Å². The zero-order valence-electron chi connectivity index (χ0n) is 7.77. The molecule has 1 rings (SSSR count). The van der Waals surface area contributed by atoms with Crippen LogP contribution in [0.5, 0.6) is 0 Å². The molecule has 0 fully saturated rings. The van der Waals surface area contributed by atoms with Crippen molar-refractivity contribution < 1.29 is 0 Å². The smallest absolute Gasteiger partial charge is 0.112 e. The number of aromatic nitrogens is 1. The highest BCUT2D eigenvalue weighted by atomic mass is 79.9. The summed E-state index contributed by atoms with van der Waals surface area (Å²) in [6.07, 6.45) is 3.59. The minimum atomic E-state index is 0.593.